The molecule has 0 saturated heterocycles. The molecule has 0 saturated carbocycles. The molecule has 122 valence electrons. The molecule has 0 spiro atoms. The second kappa shape index (κ2) is 7.26. The van der Waals surface area contributed by atoms with Gasteiger partial charge in [-0.1, -0.05) is 30.3 Å². The smallest absolute Gasteiger partial charge is 0.408 e. The van der Waals surface area contributed by atoms with Gasteiger partial charge in [-0.15, -0.1) is 0 Å². The maximum Gasteiger partial charge on any atom is 0.408 e. The molecule has 0 aliphatic carbocycles. The van der Waals surface area contributed by atoms with Gasteiger partial charge in [0.05, 0.1) is 6.61 Å². The summed E-state index contributed by atoms with van der Waals surface area (Å²) < 4.78 is 10.2. The Morgan fingerprint density at radius 1 is 1.18 bits per heavy atom. The Morgan fingerprint density at radius 2 is 1.77 bits per heavy atom. The van der Waals surface area contributed by atoms with Gasteiger partial charge in [-0.05, 0) is 26.3 Å². The van der Waals surface area contributed by atoms with Crippen molar-refractivity contribution in [3.63, 3.8) is 0 Å². The number of methoxy groups -OCH3 is 1. The third kappa shape index (κ3) is 5.37. The first-order chi connectivity index (χ1) is 10.2. The predicted octanol–water partition coefficient (Wildman–Crippen LogP) is 2.22. The van der Waals surface area contributed by atoms with Crippen LogP contribution in [-0.4, -0.2) is 42.0 Å². The lowest BCUT2D eigenvalue weighted by Crippen LogP contribution is -2.59. The maximum absolute atomic E-state index is 12.0. The third-order valence-corrected chi connectivity index (χ3v) is 2.89. The van der Waals surface area contributed by atoms with E-state index in [9.17, 15) is 14.7 Å². The van der Waals surface area contributed by atoms with Gasteiger partial charge in [0, 0.05) is 13.5 Å². The van der Waals surface area contributed by atoms with Gasteiger partial charge in [0.15, 0.2) is 5.54 Å². The second-order valence-corrected chi connectivity index (χ2v) is 6.11. The Labute approximate surface area is 130 Å². The fraction of sp³-hybridized carbons (Fsp3) is 0.500. The van der Waals surface area contributed by atoms with Gasteiger partial charge in [0.25, 0.3) is 0 Å². The maximum atomic E-state index is 12.0. The molecule has 0 aromatic heterocycles. The number of amides is 1. The average molecular weight is 309 g/mol. The van der Waals surface area contributed by atoms with E-state index in [1.54, 1.807) is 32.9 Å². The minimum Gasteiger partial charge on any atom is -0.479 e. The van der Waals surface area contributed by atoms with E-state index in [1.165, 1.54) is 7.11 Å². The Kier molecular flexibility index (Phi) is 5.93. The zero-order valence-electron chi connectivity index (χ0n) is 13.4. The van der Waals surface area contributed by atoms with Crippen molar-refractivity contribution >= 4 is 12.1 Å². The van der Waals surface area contributed by atoms with Gasteiger partial charge in [0.1, 0.15) is 5.60 Å². The van der Waals surface area contributed by atoms with Crippen LogP contribution in [0.3, 0.4) is 0 Å². The zero-order valence-corrected chi connectivity index (χ0v) is 13.4. The SMILES string of the molecule is COCC(Cc1ccccc1)(NC(=O)OC(C)(C)C)C(=O)O. The zero-order chi connectivity index (χ0) is 16.8. The van der Waals surface area contributed by atoms with E-state index in [0.29, 0.717) is 0 Å². The van der Waals surface area contributed by atoms with Crippen molar-refractivity contribution in [3.05, 3.63) is 35.9 Å². The van der Waals surface area contributed by atoms with Gasteiger partial charge in [-0.3, -0.25) is 0 Å². The highest BCUT2D eigenvalue weighted by Gasteiger charge is 2.41. The first-order valence-corrected chi connectivity index (χ1v) is 6.96. The highest BCUT2D eigenvalue weighted by Crippen LogP contribution is 2.17. The van der Waals surface area contributed by atoms with Crippen molar-refractivity contribution in [2.24, 2.45) is 0 Å². The van der Waals surface area contributed by atoms with Crippen molar-refractivity contribution < 1.29 is 24.2 Å². The Morgan fingerprint density at radius 3 is 2.23 bits per heavy atom. The highest BCUT2D eigenvalue weighted by molar-refractivity contribution is 5.85. The first kappa shape index (κ1) is 18.0. The van der Waals surface area contributed by atoms with Crippen molar-refractivity contribution in [2.75, 3.05) is 13.7 Å². The molecule has 1 aromatic carbocycles. The molecule has 0 bridgehead atoms. The number of carbonyl (C=O) groups is 2. The standard InChI is InChI=1S/C16H23NO5/c1-15(2,3)22-14(20)17-16(11-21-4,13(18)19)10-12-8-6-5-7-9-12/h5-9H,10-11H2,1-4H3,(H,17,20)(H,18,19). The van der Waals surface area contributed by atoms with E-state index >= 15 is 0 Å². The van der Waals surface area contributed by atoms with E-state index in [4.69, 9.17) is 9.47 Å². The largest absolute Gasteiger partial charge is 0.479 e. The summed E-state index contributed by atoms with van der Waals surface area (Å²) in [6, 6.07) is 9.04. The van der Waals surface area contributed by atoms with Gasteiger partial charge >= 0.3 is 12.1 Å². The minimum atomic E-state index is -1.58. The number of benzene rings is 1. The highest BCUT2D eigenvalue weighted by atomic mass is 16.6. The van der Waals surface area contributed by atoms with E-state index in [0.717, 1.165) is 5.56 Å². The summed E-state index contributed by atoms with van der Waals surface area (Å²) in [6.45, 7) is 4.96. The molecule has 0 aliphatic heterocycles. The Hall–Kier alpha value is -2.08. The summed E-state index contributed by atoms with van der Waals surface area (Å²) in [4.78, 5) is 23.8. The monoisotopic (exact) mass is 309 g/mol. The van der Waals surface area contributed by atoms with Crippen LogP contribution in [0.25, 0.3) is 0 Å². The molecule has 0 aliphatic rings. The number of ether oxygens (including phenoxy) is 2. The molecule has 2 N–H and O–H groups in total. The first-order valence-electron chi connectivity index (χ1n) is 6.96. The molecule has 1 rings (SSSR count). The fourth-order valence-electron chi connectivity index (χ4n) is 2.01. The molecular formula is C16H23NO5. The van der Waals surface area contributed by atoms with Crippen molar-refractivity contribution in [2.45, 2.75) is 38.3 Å². The number of aliphatic carboxylic acids is 1. The second-order valence-electron chi connectivity index (χ2n) is 6.11. The van der Waals surface area contributed by atoms with Crippen LogP contribution in [0.15, 0.2) is 30.3 Å². The molecule has 1 amide bonds. The lowest BCUT2D eigenvalue weighted by Gasteiger charge is -2.31. The average Bonchev–Trinajstić information content (AvgIpc) is 2.37. The van der Waals surface area contributed by atoms with Crippen LogP contribution in [0, 0.1) is 0 Å². The van der Waals surface area contributed by atoms with Crippen LogP contribution >= 0.6 is 0 Å². The molecule has 6 nitrogen and oxygen atoms in total. The molecule has 0 radical (unpaired) electrons. The van der Waals surface area contributed by atoms with E-state index in [-0.39, 0.29) is 13.0 Å². The predicted molar refractivity (Wildman–Crippen MR) is 81.8 cm³/mol. The van der Waals surface area contributed by atoms with Crippen LogP contribution < -0.4 is 5.32 Å². The topological polar surface area (TPSA) is 84.9 Å². The Balaban J connectivity index is 3.00. The molecule has 1 unspecified atom stereocenters. The molecule has 1 aromatic rings. The van der Waals surface area contributed by atoms with Gasteiger partial charge < -0.3 is 19.9 Å². The van der Waals surface area contributed by atoms with Crippen LogP contribution in [0.5, 0.6) is 0 Å². The molecule has 6 heteroatoms. The number of rotatable bonds is 6. The molecule has 0 fully saturated rings. The summed E-state index contributed by atoms with van der Waals surface area (Å²) >= 11 is 0. The summed E-state index contributed by atoms with van der Waals surface area (Å²) in [5.74, 6) is -1.18. The van der Waals surface area contributed by atoms with E-state index < -0.39 is 23.2 Å². The molecule has 0 heterocycles. The van der Waals surface area contributed by atoms with Crippen molar-refractivity contribution in [1.29, 1.82) is 0 Å². The Bertz CT molecular complexity index is 509. The number of carboxylic acid groups (broad SMARTS) is 1. The van der Waals surface area contributed by atoms with Gasteiger partial charge in [-0.25, -0.2) is 9.59 Å². The normalized spacial score (nSPS) is 14.0. The molecular weight excluding hydrogens is 286 g/mol. The number of alkyl carbamates (subject to hydrolysis) is 1. The number of hydrogen-bond acceptors (Lipinski definition) is 4. The summed E-state index contributed by atoms with van der Waals surface area (Å²) in [5.41, 5.74) is -1.52. The van der Waals surface area contributed by atoms with Crippen LogP contribution in [-0.2, 0) is 20.7 Å². The van der Waals surface area contributed by atoms with Crippen molar-refractivity contribution in [1.82, 2.24) is 5.32 Å². The molecule has 22 heavy (non-hydrogen) atoms. The lowest BCUT2D eigenvalue weighted by molar-refractivity contribution is -0.147. The number of carboxylic acids is 1. The van der Waals surface area contributed by atoms with Crippen LogP contribution in [0.2, 0.25) is 0 Å². The quantitative estimate of drug-likeness (QED) is 0.841. The van der Waals surface area contributed by atoms with E-state index in [2.05, 4.69) is 5.32 Å². The van der Waals surface area contributed by atoms with Gasteiger partial charge in [0.2, 0.25) is 0 Å². The third-order valence-electron chi connectivity index (χ3n) is 2.89. The lowest BCUT2D eigenvalue weighted by atomic mass is 9.91. The van der Waals surface area contributed by atoms with Crippen LogP contribution in [0.1, 0.15) is 26.3 Å². The number of carbonyl (C=O) groups excluding carboxylic acids is 1. The van der Waals surface area contributed by atoms with Crippen LogP contribution in [0.4, 0.5) is 4.79 Å². The molecule has 1 atom stereocenters. The number of hydrogen-bond donors (Lipinski definition) is 2. The number of nitrogens with one attached hydrogen (secondary N) is 1. The van der Waals surface area contributed by atoms with Crippen molar-refractivity contribution in [3.8, 4) is 0 Å². The van der Waals surface area contributed by atoms with Gasteiger partial charge in [-0.2, -0.15) is 0 Å². The minimum absolute atomic E-state index is 0.0935. The summed E-state index contributed by atoms with van der Waals surface area (Å²) in [6.07, 6.45) is -0.695. The fourth-order valence-corrected chi connectivity index (χ4v) is 2.01. The summed E-state index contributed by atoms with van der Waals surface area (Å²) in [7, 11) is 1.39. The van der Waals surface area contributed by atoms with E-state index in [1.807, 2.05) is 18.2 Å². The summed E-state index contributed by atoms with van der Waals surface area (Å²) in [5, 5.41) is 12.1.